The minimum absolute atomic E-state index is 0.0340. The molecule has 2 fully saturated rings. The smallest absolute Gasteiger partial charge is 0.338 e. The van der Waals surface area contributed by atoms with Crippen molar-refractivity contribution in [2.75, 3.05) is 33.9 Å². The molecule has 5 rings (SSSR count). The van der Waals surface area contributed by atoms with Gasteiger partial charge in [-0.3, -0.25) is 33.5 Å². The first kappa shape index (κ1) is 52.2. The molecule has 2 aliphatic heterocycles. The Kier molecular flexibility index (Phi) is 20.2. The second kappa shape index (κ2) is 26.0. The normalized spacial score (nSPS) is 23.8. The average Bonchev–Trinajstić information content (AvgIpc) is 3.88. The summed E-state index contributed by atoms with van der Waals surface area (Å²) in [6.07, 6.45) is 2.70. The van der Waals surface area contributed by atoms with E-state index in [9.17, 15) is 28.8 Å². The number of esters is 2. The second-order valence-corrected chi connectivity index (χ2v) is 16.9. The number of hydrogen-bond acceptors (Lipinski definition) is 15. The van der Waals surface area contributed by atoms with Crippen LogP contribution in [0.3, 0.4) is 0 Å². The Bertz CT molecular complexity index is 2180. The first-order valence-corrected chi connectivity index (χ1v) is 23.1. The minimum atomic E-state index is -1.14. The molecule has 9 atom stereocenters. The molecule has 21 heteroatoms. The first-order valence-electron chi connectivity index (χ1n) is 23.1. The third-order valence-electron chi connectivity index (χ3n) is 11.5. The summed E-state index contributed by atoms with van der Waals surface area (Å²) in [5.41, 5.74) is 0.0797. The number of benzene rings is 1. The van der Waals surface area contributed by atoms with Gasteiger partial charge in [0.2, 0.25) is 17.8 Å². The topological polar surface area (TPSA) is 264 Å². The first-order chi connectivity index (χ1) is 32.2. The number of rotatable bonds is 26. The lowest BCUT2D eigenvalue weighted by atomic mass is 9.87. The number of fused-ring (bicyclic) bond motifs is 1. The van der Waals surface area contributed by atoms with Crippen molar-refractivity contribution in [1.82, 2.24) is 35.1 Å². The third-order valence-corrected chi connectivity index (χ3v) is 11.5. The maximum atomic E-state index is 13.0. The van der Waals surface area contributed by atoms with Crippen molar-refractivity contribution in [2.45, 2.75) is 147 Å². The number of aromatic amines is 1. The van der Waals surface area contributed by atoms with Crippen LogP contribution in [0, 0.1) is 5.92 Å². The third kappa shape index (κ3) is 15.1. The van der Waals surface area contributed by atoms with Gasteiger partial charge in [0, 0.05) is 53.1 Å². The largest absolute Gasteiger partial charge is 0.481 e. The summed E-state index contributed by atoms with van der Waals surface area (Å²) in [5.74, 6) is -2.93. The van der Waals surface area contributed by atoms with Crippen LogP contribution < -0.4 is 16.2 Å². The number of aromatic nitrogens is 4. The Morgan fingerprint density at radius 2 is 1.61 bits per heavy atom. The standard InChI is InChI=1S/C46H66N8O13/c1-7-31-28(3)38(67-44(61)30-18-12-11-13-19-30)36(50-29(4)55)45(65-31)63-25-17-14-20-33(56)47-23-15-9-10-16-24-62-39-32(8-2)64-43(40(39)66-35(59)22-21-34(57)58)54-27-48-37-41(54)51-46(52-42(37)60)49-26-53(5)6/h11-13,18-19,26-28,31-32,36,38-40,43,45H,7-10,14-17,20-25H2,1-6H3,(H,47,56)(H,50,55)(H,57,58)(H,51,52,60)/t28-,31+,32+,36+,38-,39?,40-,43+,45+/m0/s1. The Labute approximate surface area is 389 Å². The number of unbranched alkanes of at least 4 members (excludes halogenated alkanes) is 4. The predicted octanol–water partition coefficient (Wildman–Crippen LogP) is 4.18. The summed E-state index contributed by atoms with van der Waals surface area (Å²) in [6.45, 7) is 8.30. The lowest BCUT2D eigenvalue weighted by Gasteiger charge is -2.45. The number of aliphatic imine (C=N–C) groups is 1. The van der Waals surface area contributed by atoms with Crippen LogP contribution in [0.1, 0.15) is 115 Å². The van der Waals surface area contributed by atoms with E-state index in [1.807, 2.05) is 26.8 Å². The zero-order valence-corrected chi connectivity index (χ0v) is 39.2. The zero-order valence-electron chi connectivity index (χ0n) is 39.2. The summed E-state index contributed by atoms with van der Waals surface area (Å²) >= 11 is 0. The van der Waals surface area contributed by atoms with Crippen LogP contribution in [0.2, 0.25) is 0 Å². The van der Waals surface area contributed by atoms with Crippen LogP contribution in [-0.4, -0.2) is 142 Å². The highest BCUT2D eigenvalue weighted by Crippen LogP contribution is 2.37. The van der Waals surface area contributed by atoms with Gasteiger partial charge in [-0.1, -0.05) is 51.8 Å². The number of imidazole rings is 1. The number of carbonyl (C=O) groups excluding carboxylic acids is 4. The molecule has 1 aromatic carbocycles. The number of H-pyrrole nitrogens is 1. The molecule has 2 aromatic heterocycles. The molecule has 4 heterocycles. The summed E-state index contributed by atoms with van der Waals surface area (Å²) in [4.78, 5) is 92.1. The molecule has 67 heavy (non-hydrogen) atoms. The molecule has 2 aliphatic rings. The van der Waals surface area contributed by atoms with E-state index in [0.717, 1.165) is 19.3 Å². The van der Waals surface area contributed by atoms with Gasteiger partial charge in [-0.25, -0.2) is 14.8 Å². The average molecular weight is 939 g/mol. The van der Waals surface area contributed by atoms with Crippen molar-refractivity contribution in [3.63, 3.8) is 0 Å². The molecular formula is C46H66N8O13. The van der Waals surface area contributed by atoms with Gasteiger partial charge in [0.1, 0.15) is 18.2 Å². The molecule has 0 bridgehead atoms. The molecule has 0 aliphatic carbocycles. The molecule has 1 unspecified atom stereocenters. The van der Waals surface area contributed by atoms with Crippen LogP contribution in [-0.2, 0) is 47.6 Å². The summed E-state index contributed by atoms with van der Waals surface area (Å²) in [7, 11) is 3.53. The van der Waals surface area contributed by atoms with Gasteiger partial charge < -0.3 is 49.1 Å². The lowest BCUT2D eigenvalue weighted by molar-refractivity contribution is -0.249. The van der Waals surface area contributed by atoms with Crippen molar-refractivity contribution >= 4 is 53.2 Å². The molecule has 21 nitrogen and oxygen atoms in total. The quantitative estimate of drug-likeness (QED) is 0.0381. The highest BCUT2D eigenvalue weighted by Gasteiger charge is 2.49. The van der Waals surface area contributed by atoms with Crippen LogP contribution in [0.25, 0.3) is 11.2 Å². The number of nitrogens with zero attached hydrogens (tertiary/aromatic N) is 5. The highest BCUT2D eigenvalue weighted by atomic mass is 16.7. The van der Waals surface area contributed by atoms with E-state index in [2.05, 4.69) is 30.6 Å². The summed E-state index contributed by atoms with van der Waals surface area (Å²) in [6, 6.07) is 7.95. The predicted molar refractivity (Wildman–Crippen MR) is 243 cm³/mol. The molecule has 4 N–H and O–H groups in total. The molecule has 0 spiro atoms. The molecule has 3 aromatic rings. The summed E-state index contributed by atoms with van der Waals surface area (Å²) in [5, 5.41) is 15.0. The van der Waals surface area contributed by atoms with Crippen LogP contribution in [0.5, 0.6) is 0 Å². The molecule has 368 valence electrons. The number of amides is 2. The Balaban J connectivity index is 1.05. The maximum absolute atomic E-state index is 13.0. The SMILES string of the molecule is CC[C@H]1O[C@@H](n2cnc3c(=O)[nH]c(N=CN(C)C)nc32)[C@@H](OC(=O)CCC(=O)O)C1OCCCCCCNC(=O)CCCCO[C@@H]1O[C@H](CC)[C@H](C)[C@H](OC(=O)c2ccccc2)[C@H]1NC(C)=O. The fourth-order valence-electron chi connectivity index (χ4n) is 8.06. The summed E-state index contributed by atoms with van der Waals surface area (Å²) < 4.78 is 38.4. The van der Waals surface area contributed by atoms with Crippen molar-refractivity contribution in [3.05, 3.63) is 52.6 Å². The van der Waals surface area contributed by atoms with Gasteiger partial charge in [0.15, 0.2) is 29.8 Å². The van der Waals surface area contributed by atoms with E-state index in [1.54, 1.807) is 43.3 Å². The zero-order chi connectivity index (χ0) is 48.5. The minimum Gasteiger partial charge on any atom is -0.481 e. The Morgan fingerprint density at radius 3 is 2.31 bits per heavy atom. The monoisotopic (exact) mass is 938 g/mol. The number of carboxylic acid groups (broad SMARTS) is 1. The van der Waals surface area contributed by atoms with Gasteiger partial charge in [0.25, 0.3) is 5.56 Å². The number of ether oxygens (including phenoxy) is 6. The van der Waals surface area contributed by atoms with Crippen LogP contribution in [0.15, 0.2) is 46.4 Å². The van der Waals surface area contributed by atoms with E-state index in [-0.39, 0.29) is 54.0 Å². The number of nitrogens with one attached hydrogen (secondary N) is 3. The van der Waals surface area contributed by atoms with Gasteiger partial charge in [-0.2, -0.15) is 4.98 Å². The second-order valence-electron chi connectivity index (χ2n) is 16.9. The molecule has 0 radical (unpaired) electrons. The fraction of sp³-hybridized carbons (Fsp3) is 0.630. The van der Waals surface area contributed by atoms with Crippen molar-refractivity contribution < 1.29 is 57.5 Å². The fourth-order valence-corrected chi connectivity index (χ4v) is 8.06. The van der Waals surface area contributed by atoms with E-state index in [1.165, 1.54) is 24.2 Å². The van der Waals surface area contributed by atoms with E-state index in [0.29, 0.717) is 57.2 Å². The van der Waals surface area contributed by atoms with E-state index in [4.69, 9.17) is 33.5 Å². The van der Waals surface area contributed by atoms with Crippen molar-refractivity contribution in [1.29, 1.82) is 0 Å². The molecular weight excluding hydrogens is 873 g/mol. The molecule has 2 saturated heterocycles. The van der Waals surface area contributed by atoms with Gasteiger partial charge >= 0.3 is 17.9 Å². The van der Waals surface area contributed by atoms with Crippen LogP contribution in [0.4, 0.5) is 5.95 Å². The lowest BCUT2D eigenvalue weighted by Crippen LogP contribution is -2.62. The number of aliphatic carboxylic acids is 1. The number of carbonyl (C=O) groups is 5. The van der Waals surface area contributed by atoms with Gasteiger partial charge in [-0.15, -0.1) is 0 Å². The highest BCUT2D eigenvalue weighted by molar-refractivity contribution is 5.89. The van der Waals surface area contributed by atoms with Crippen molar-refractivity contribution in [3.8, 4) is 0 Å². The van der Waals surface area contributed by atoms with Gasteiger partial charge in [0.05, 0.1) is 43.3 Å². The number of carboxylic acids is 1. The maximum Gasteiger partial charge on any atom is 0.338 e. The Hall–Kier alpha value is -5.77. The molecule has 2 amide bonds. The van der Waals surface area contributed by atoms with Crippen molar-refractivity contribution in [2.24, 2.45) is 10.9 Å². The van der Waals surface area contributed by atoms with E-state index < -0.39 is 72.9 Å². The Morgan fingerprint density at radius 1 is 0.896 bits per heavy atom. The molecule has 0 saturated carbocycles. The van der Waals surface area contributed by atoms with E-state index >= 15 is 0 Å². The van der Waals surface area contributed by atoms with Gasteiger partial charge in [-0.05, 0) is 50.7 Å². The van der Waals surface area contributed by atoms with Crippen LogP contribution >= 0.6 is 0 Å². The number of hydrogen-bond donors (Lipinski definition) is 4.